The van der Waals surface area contributed by atoms with Crippen molar-refractivity contribution in [3.05, 3.63) is 0 Å². The van der Waals surface area contributed by atoms with Crippen molar-refractivity contribution in [3.8, 4) is 0 Å². The molecule has 2 amide bonds. The highest BCUT2D eigenvalue weighted by atomic mass is 16.3. The fraction of sp³-hybridized carbons (Fsp3) is 0.833. The summed E-state index contributed by atoms with van der Waals surface area (Å²) >= 11 is 0. The molecule has 2 atom stereocenters. The molecule has 0 aromatic heterocycles. The zero-order valence-corrected chi connectivity index (χ0v) is 11.9. The second kappa shape index (κ2) is 5.67. The number of carbonyl (C=O) groups is 2. The van der Waals surface area contributed by atoms with Gasteiger partial charge in [0, 0.05) is 11.1 Å². The Morgan fingerprint density at radius 2 is 1.00 bits per heavy atom. The smallest absolute Gasteiger partial charge is 0.252 e. The highest BCUT2D eigenvalue weighted by molar-refractivity contribution is 5.91. The lowest BCUT2D eigenvalue weighted by Gasteiger charge is -2.26. The number of aliphatic hydroxyl groups excluding tert-OH is 2. The second-order valence-electron chi connectivity index (χ2n) is 6.37. The van der Waals surface area contributed by atoms with E-state index < -0.39 is 35.1 Å². The molecule has 0 aliphatic carbocycles. The van der Waals surface area contributed by atoms with Crippen LogP contribution in [0.1, 0.15) is 41.5 Å². The van der Waals surface area contributed by atoms with Crippen LogP contribution in [0.15, 0.2) is 0 Å². The molecule has 0 fully saturated rings. The van der Waals surface area contributed by atoms with Crippen molar-refractivity contribution in [1.29, 1.82) is 0 Å². The van der Waals surface area contributed by atoms with Crippen molar-refractivity contribution in [2.24, 2.45) is 0 Å². The van der Waals surface area contributed by atoms with E-state index >= 15 is 0 Å². The van der Waals surface area contributed by atoms with Crippen LogP contribution in [0.4, 0.5) is 0 Å². The quantitative estimate of drug-likeness (QED) is 0.552. The molecule has 0 spiro atoms. The van der Waals surface area contributed by atoms with Crippen molar-refractivity contribution in [2.45, 2.75) is 64.8 Å². The molecule has 0 rings (SSSR count). The zero-order chi connectivity index (χ0) is 14.7. The minimum atomic E-state index is -1.79. The molecule has 6 heteroatoms. The van der Waals surface area contributed by atoms with Crippen LogP contribution in [0, 0.1) is 0 Å². The number of nitrogens with one attached hydrogen (secondary N) is 2. The lowest BCUT2D eigenvalue weighted by Crippen LogP contribution is -2.55. The van der Waals surface area contributed by atoms with Crippen molar-refractivity contribution in [3.63, 3.8) is 0 Å². The molecule has 0 radical (unpaired) electrons. The zero-order valence-electron chi connectivity index (χ0n) is 11.9. The number of aliphatic hydroxyl groups is 2. The van der Waals surface area contributed by atoms with Gasteiger partial charge in [-0.2, -0.15) is 0 Å². The third kappa shape index (κ3) is 6.56. The molecule has 0 aromatic carbocycles. The predicted molar refractivity (Wildman–Crippen MR) is 67.8 cm³/mol. The summed E-state index contributed by atoms with van der Waals surface area (Å²) in [5.74, 6) is -1.56. The number of rotatable bonds is 3. The minimum absolute atomic E-state index is 0.543. The van der Waals surface area contributed by atoms with Gasteiger partial charge in [0.15, 0.2) is 12.2 Å². The largest absolute Gasteiger partial charge is 0.380 e. The maximum atomic E-state index is 11.6. The molecule has 0 aliphatic heterocycles. The van der Waals surface area contributed by atoms with Crippen LogP contribution in [-0.4, -0.2) is 45.3 Å². The van der Waals surface area contributed by atoms with Crippen LogP contribution in [0.2, 0.25) is 0 Å². The highest BCUT2D eigenvalue weighted by Crippen LogP contribution is 2.04. The summed E-state index contributed by atoms with van der Waals surface area (Å²) < 4.78 is 0. The first kappa shape index (κ1) is 16.9. The molecule has 0 unspecified atom stereocenters. The van der Waals surface area contributed by atoms with Crippen LogP contribution >= 0.6 is 0 Å². The first-order chi connectivity index (χ1) is 7.83. The summed E-state index contributed by atoms with van der Waals surface area (Å²) in [6.07, 6.45) is -3.57. The van der Waals surface area contributed by atoms with Crippen LogP contribution in [0.5, 0.6) is 0 Å². The molecular formula is C12H24N2O4. The lowest BCUT2D eigenvalue weighted by atomic mass is 10.1. The number of hydrogen-bond acceptors (Lipinski definition) is 4. The molecule has 4 N–H and O–H groups in total. The maximum Gasteiger partial charge on any atom is 0.252 e. The van der Waals surface area contributed by atoms with Gasteiger partial charge in [-0.15, -0.1) is 0 Å². The van der Waals surface area contributed by atoms with E-state index in [0.717, 1.165) is 0 Å². The van der Waals surface area contributed by atoms with Crippen LogP contribution < -0.4 is 10.6 Å². The van der Waals surface area contributed by atoms with E-state index in [1.165, 1.54) is 0 Å². The Kier molecular flexibility index (Phi) is 5.31. The summed E-state index contributed by atoms with van der Waals surface area (Å²) in [6, 6.07) is 0. The topological polar surface area (TPSA) is 98.7 Å². The van der Waals surface area contributed by atoms with E-state index in [-0.39, 0.29) is 0 Å². The van der Waals surface area contributed by atoms with Gasteiger partial charge in [0.25, 0.3) is 11.8 Å². The average molecular weight is 260 g/mol. The summed E-state index contributed by atoms with van der Waals surface area (Å²) in [6.45, 7) is 10.4. The average Bonchev–Trinajstić information content (AvgIpc) is 2.09. The Bertz CT molecular complexity index is 283. The van der Waals surface area contributed by atoms with E-state index in [0.29, 0.717) is 0 Å². The Morgan fingerprint density at radius 3 is 1.17 bits per heavy atom. The summed E-state index contributed by atoms with van der Waals surface area (Å²) in [7, 11) is 0. The molecular weight excluding hydrogens is 236 g/mol. The van der Waals surface area contributed by atoms with Crippen LogP contribution in [0.3, 0.4) is 0 Å². The van der Waals surface area contributed by atoms with Crippen molar-refractivity contribution in [2.75, 3.05) is 0 Å². The van der Waals surface area contributed by atoms with E-state index in [1.54, 1.807) is 41.5 Å². The molecule has 0 bridgehead atoms. The van der Waals surface area contributed by atoms with Gasteiger partial charge in [0.1, 0.15) is 0 Å². The summed E-state index contributed by atoms with van der Waals surface area (Å²) in [5, 5.41) is 24.2. The van der Waals surface area contributed by atoms with Crippen molar-refractivity contribution < 1.29 is 19.8 Å². The van der Waals surface area contributed by atoms with E-state index in [2.05, 4.69) is 10.6 Å². The summed E-state index contributed by atoms with van der Waals surface area (Å²) in [5.41, 5.74) is -1.09. The van der Waals surface area contributed by atoms with Crippen LogP contribution in [-0.2, 0) is 9.59 Å². The first-order valence-corrected chi connectivity index (χ1v) is 5.84. The Morgan fingerprint density at radius 1 is 0.778 bits per heavy atom. The fourth-order valence-electron chi connectivity index (χ4n) is 1.17. The third-order valence-electron chi connectivity index (χ3n) is 1.83. The lowest BCUT2D eigenvalue weighted by molar-refractivity contribution is -0.147. The number of hydrogen-bond donors (Lipinski definition) is 4. The van der Waals surface area contributed by atoms with Crippen LogP contribution in [0.25, 0.3) is 0 Å². The monoisotopic (exact) mass is 260 g/mol. The SMILES string of the molecule is CC(C)(C)NC(=O)[C@H](O)[C@@H](O)C(=O)NC(C)(C)C. The Balaban J connectivity index is 4.55. The van der Waals surface area contributed by atoms with Gasteiger partial charge >= 0.3 is 0 Å². The van der Waals surface area contributed by atoms with Crippen molar-refractivity contribution in [1.82, 2.24) is 10.6 Å². The van der Waals surface area contributed by atoms with E-state index in [1.807, 2.05) is 0 Å². The summed E-state index contributed by atoms with van der Waals surface area (Å²) in [4.78, 5) is 23.1. The van der Waals surface area contributed by atoms with Gasteiger partial charge < -0.3 is 20.8 Å². The third-order valence-corrected chi connectivity index (χ3v) is 1.83. The molecule has 6 nitrogen and oxygen atoms in total. The Hall–Kier alpha value is -1.14. The molecule has 0 heterocycles. The second-order valence-corrected chi connectivity index (χ2v) is 6.37. The molecule has 106 valence electrons. The van der Waals surface area contributed by atoms with E-state index in [4.69, 9.17) is 0 Å². The van der Waals surface area contributed by atoms with Crippen molar-refractivity contribution >= 4 is 11.8 Å². The Labute approximate surface area is 108 Å². The standard InChI is InChI=1S/C12H24N2O4/c1-11(2,3)13-9(17)7(15)8(16)10(18)14-12(4,5)6/h7-8,15-16H,1-6H3,(H,13,17)(H,14,18)/t7-,8-/m1/s1. The van der Waals surface area contributed by atoms with Gasteiger partial charge in [-0.05, 0) is 41.5 Å². The van der Waals surface area contributed by atoms with Gasteiger partial charge in [0.05, 0.1) is 0 Å². The molecule has 0 saturated heterocycles. The predicted octanol–water partition coefficient (Wildman–Crippen LogP) is -0.462. The van der Waals surface area contributed by atoms with Gasteiger partial charge in [-0.25, -0.2) is 0 Å². The molecule has 18 heavy (non-hydrogen) atoms. The van der Waals surface area contributed by atoms with Gasteiger partial charge in [-0.3, -0.25) is 9.59 Å². The molecule has 0 saturated carbocycles. The number of carbonyl (C=O) groups excluding carboxylic acids is 2. The normalized spacial score (nSPS) is 15.8. The minimum Gasteiger partial charge on any atom is -0.380 e. The molecule has 0 aromatic rings. The van der Waals surface area contributed by atoms with Gasteiger partial charge in [0.2, 0.25) is 0 Å². The maximum absolute atomic E-state index is 11.6. The molecule has 0 aliphatic rings. The van der Waals surface area contributed by atoms with E-state index in [9.17, 15) is 19.8 Å². The highest BCUT2D eigenvalue weighted by Gasteiger charge is 2.33. The first-order valence-electron chi connectivity index (χ1n) is 5.84. The number of amides is 2. The van der Waals surface area contributed by atoms with Gasteiger partial charge in [-0.1, -0.05) is 0 Å². The fourth-order valence-corrected chi connectivity index (χ4v) is 1.17.